The molecular weight excluding hydrogens is 452 g/mol. The van der Waals surface area contributed by atoms with E-state index in [1.807, 2.05) is 6.92 Å². The van der Waals surface area contributed by atoms with E-state index in [4.69, 9.17) is 9.47 Å². The number of fused-ring (bicyclic) bond motifs is 1. The van der Waals surface area contributed by atoms with Gasteiger partial charge in [-0.25, -0.2) is 13.8 Å². The number of amides is 1. The van der Waals surface area contributed by atoms with Gasteiger partial charge < -0.3 is 9.47 Å². The number of ether oxygens (including phenoxy) is 2. The van der Waals surface area contributed by atoms with Crippen molar-refractivity contribution >= 4 is 27.8 Å². The van der Waals surface area contributed by atoms with Crippen LogP contribution in [-0.4, -0.2) is 49.7 Å². The van der Waals surface area contributed by atoms with E-state index in [0.717, 1.165) is 11.8 Å². The standard InChI is InChI=1S/C21H22N4O7S/c1-14-4-6-17(7-5-14)33(29,30)24-8-2-3-15(12-24)21(26)23-22-11-16-9-19-20(32-13-31-19)10-18(16)25(27)28/h4-7,9-11,15H,2-3,8,12-13H2,1H3,(H,23,26)/b22-11-/t15-/m1/s1. The van der Waals surface area contributed by atoms with Gasteiger partial charge in [0.2, 0.25) is 22.7 Å². The third kappa shape index (κ3) is 4.81. The number of benzene rings is 2. The molecule has 1 N–H and O–H groups in total. The summed E-state index contributed by atoms with van der Waals surface area (Å²) in [6, 6.07) is 9.21. The van der Waals surface area contributed by atoms with Crippen molar-refractivity contribution in [3.63, 3.8) is 0 Å². The first-order valence-corrected chi connectivity index (χ1v) is 11.7. The van der Waals surface area contributed by atoms with E-state index < -0.39 is 26.8 Å². The molecule has 0 aromatic heterocycles. The topological polar surface area (TPSA) is 140 Å². The van der Waals surface area contributed by atoms with Gasteiger partial charge in [0.25, 0.3) is 5.69 Å². The van der Waals surface area contributed by atoms with Crippen LogP contribution in [0, 0.1) is 23.0 Å². The maximum absolute atomic E-state index is 12.9. The van der Waals surface area contributed by atoms with Crippen LogP contribution in [0.1, 0.15) is 24.0 Å². The van der Waals surface area contributed by atoms with E-state index in [2.05, 4.69) is 10.5 Å². The number of nitrogens with zero attached hydrogens (tertiary/aromatic N) is 3. The van der Waals surface area contributed by atoms with Crippen LogP contribution in [0.4, 0.5) is 5.69 Å². The van der Waals surface area contributed by atoms with Gasteiger partial charge in [-0.1, -0.05) is 17.7 Å². The van der Waals surface area contributed by atoms with Crippen molar-refractivity contribution in [3.05, 3.63) is 57.6 Å². The molecule has 1 fully saturated rings. The van der Waals surface area contributed by atoms with Crippen molar-refractivity contribution in [1.29, 1.82) is 0 Å². The number of hydrogen-bond donors (Lipinski definition) is 1. The summed E-state index contributed by atoms with van der Waals surface area (Å²) >= 11 is 0. The number of nitro groups is 1. The minimum atomic E-state index is -3.72. The van der Waals surface area contributed by atoms with E-state index in [0.29, 0.717) is 25.1 Å². The highest BCUT2D eigenvalue weighted by Crippen LogP contribution is 2.37. The van der Waals surface area contributed by atoms with E-state index in [1.54, 1.807) is 24.3 Å². The molecule has 2 aliphatic heterocycles. The van der Waals surface area contributed by atoms with Crippen LogP contribution in [0.25, 0.3) is 0 Å². The molecule has 12 heteroatoms. The predicted octanol–water partition coefficient (Wildman–Crippen LogP) is 2.18. The predicted molar refractivity (Wildman–Crippen MR) is 118 cm³/mol. The average molecular weight is 474 g/mol. The van der Waals surface area contributed by atoms with E-state index in [9.17, 15) is 23.3 Å². The summed E-state index contributed by atoms with van der Waals surface area (Å²) in [5.74, 6) is -0.445. The third-order valence-electron chi connectivity index (χ3n) is 5.51. The van der Waals surface area contributed by atoms with Crippen molar-refractivity contribution in [2.75, 3.05) is 19.9 Å². The molecule has 33 heavy (non-hydrogen) atoms. The van der Waals surface area contributed by atoms with Crippen molar-refractivity contribution in [2.45, 2.75) is 24.7 Å². The second-order valence-electron chi connectivity index (χ2n) is 7.77. The van der Waals surface area contributed by atoms with Crippen LogP contribution in [-0.2, 0) is 14.8 Å². The molecule has 0 spiro atoms. The molecule has 1 saturated heterocycles. The van der Waals surface area contributed by atoms with Crippen molar-refractivity contribution < 1.29 is 27.6 Å². The van der Waals surface area contributed by atoms with Crippen molar-refractivity contribution in [3.8, 4) is 11.5 Å². The Morgan fingerprint density at radius 2 is 1.94 bits per heavy atom. The molecular formula is C21H22N4O7S. The van der Waals surface area contributed by atoms with Gasteiger partial charge in [-0.05, 0) is 38.0 Å². The number of aryl methyl sites for hydroxylation is 1. The lowest BCUT2D eigenvalue weighted by molar-refractivity contribution is -0.385. The second kappa shape index (κ2) is 9.16. The Morgan fingerprint density at radius 1 is 1.24 bits per heavy atom. The van der Waals surface area contributed by atoms with Gasteiger partial charge in [-0.3, -0.25) is 14.9 Å². The second-order valence-corrected chi connectivity index (χ2v) is 9.71. The highest BCUT2D eigenvalue weighted by Gasteiger charge is 2.33. The number of piperidine rings is 1. The quantitative estimate of drug-likeness (QED) is 0.384. The fourth-order valence-electron chi connectivity index (χ4n) is 3.70. The largest absolute Gasteiger partial charge is 0.454 e. The smallest absolute Gasteiger partial charge is 0.282 e. The highest BCUT2D eigenvalue weighted by atomic mass is 32.2. The van der Waals surface area contributed by atoms with Crippen LogP contribution in [0.3, 0.4) is 0 Å². The molecule has 2 heterocycles. The summed E-state index contributed by atoms with van der Waals surface area (Å²) in [5.41, 5.74) is 3.21. The van der Waals surface area contributed by atoms with Gasteiger partial charge in [-0.2, -0.15) is 9.41 Å². The monoisotopic (exact) mass is 474 g/mol. The molecule has 1 atom stereocenters. The average Bonchev–Trinajstić information content (AvgIpc) is 3.26. The third-order valence-corrected chi connectivity index (χ3v) is 7.39. The van der Waals surface area contributed by atoms with Crippen LogP contribution >= 0.6 is 0 Å². The SMILES string of the molecule is Cc1ccc(S(=O)(=O)N2CCC[C@@H](C(=O)N/N=C\c3cc4c(cc3[N+](=O)[O-])OCO4)C2)cc1. The molecule has 0 aliphatic carbocycles. The summed E-state index contributed by atoms with van der Waals surface area (Å²) in [5, 5.41) is 15.2. The number of hydrazone groups is 1. The number of sulfonamides is 1. The summed E-state index contributed by atoms with van der Waals surface area (Å²) in [4.78, 5) is 23.6. The highest BCUT2D eigenvalue weighted by molar-refractivity contribution is 7.89. The molecule has 0 bridgehead atoms. The number of hydrogen-bond acceptors (Lipinski definition) is 8. The number of carbonyl (C=O) groups excluding carboxylic acids is 1. The van der Waals surface area contributed by atoms with Crippen LogP contribution in [0.15, 0.2) is 46.4 Å². The molecule has 0 radical (unpaired) electrons. The molecule has 2 aromatic carbocycles. The van der Waals surface area contributed by atoms with Gasteiger partial charge in [0.05, 0.1) is 33.6 Å². The molecule has 11 nitrogen and oxygen atoms in total. The van der Waals surface area contributed by atoms with Crippen molar-refractivity contribution in [1.82, 2.24) is 9.73 Å². The molecule has 1 amide bonds. The Bertz CT molecular complexity index is 1210. The van der Waals surface area contributed by atoms with Gasteiger partial charge in [-0.15, -0.1) is 0 Å². The molecule has 2 aromatic rings. The zero-order valence-electron chi connectivity index (χ0n) is 17.8. The first-order chi connectivity index (χ1) is 15.8. The molecule has 174 valence electrons. The first-order valence-electron chi connectivity index (χ1n) is 10.2. The molecule has 4 rings (SSSR count). The normalized spacial score (nSPS) is 18.4. The lowest BCUT2D eigenvalue weighted by Crippen LogP contribution is -2.44. The van der Waals surface area contributed by atoms with Gasteiger partial charge in [0.1, 0.15) is 0 Å². The molecule has 0 saturated carbocycles. The maximum Gasteiger partial charge on any atom is 0.282 e. The summed E-state index contributed by atoms with van der Waals surface area (Å²) in [7, 11) is -3.72. The first kappa shape index (κ1) is 22.7. The Morgan fingerprint density at radius 3 is 2.64 bits per heavy atom. The number of nitro benzene ring substituents is 1. The Balaban J connectivity index is 1.43. The van der Waals surface area contributed by atoms with Crippen LogP contribution < -0.4 is 14.9 Å². The van der Waals surface area contributed by atoms with E-state index in [1.165, 1.54) is 16.4 Å². The van der Waals surface area contributed by atoms with E-state index in [-0.39, 0.29) is 35.2 Å². The Labute approximate surface area is 190 Å². The maximum atomic E-state index is 12.9. The number of nitrogens with one attached hydrogen (secondary N) is 1. The lowest BCUT2D eigenvalue weighted by Gasteiger charge is -2.30. The van der Waals surface area contributed by atoms with E-state index >= 15 is 0 Å². The molecule has 0 unspecified atom stereocenters. The van der Waals surface area contributed by atoms with Crippen LogP contribution in [0.5, 0.6) is 11.5 Å². The van der Waals surface area contributed by atoms with Crippen LogP contribution in [0.2, 0.25) is 0 Å². The fourth-order valence-corrected chi connectivity index (χ4v) is 5.22. The zero-order chi connectivity index (χ0) is 23.6. The zero-order valence-corrected chi connectivity index (χ0v) is 18.6. The molecule has 2 aliphatic rings. The summed E-state index contributed by atoms with van der Waals surface area (Å²) in [6.07, 6.45) is 2.19. The summed E-state index contributed by atoms with van der Waals surface area (Å²) in [6.45, 7) is 2.19. The Kier molecular flexibility index (Phi) is 6.29. The lowest BCUT2D eigenvalue weighted by atomic mass is 9.99. The Hall–Kier alpha value is -3.51. The minimum absolute atomic E-state index is 0.0295. The summed E-state index contributed by atoms with van der Waals surface area (Å²) < 4.78 is 37.6. The van der Waals surface area contributed by atoms with Gasteiger partial charge in [0.15, 0.2) is 11.5 Å². The number of rotatable bonds is 6. The van der Waals surface area contributed by atoms with Crippen molar-refractivity contribution in [2.24, 2.45) is 11.0 Å². The minimum Gasteiger partial charge on any atom is -0.454 e. The van der Waals surface area contributed by atoms with Gasteiger partial charge >= 0.3 is 0 Å². The van der Waals surface area contributed by atoms with Gasteiger partial charge in [0, 0.05) is 13.1 Å². The fraction of sp³-hybridized carbons (Fsp3) is 0.333. The number of carbonyl (C=O) groups is 1.